The number of carbonyl (C=O) groups excluding carboxylic acids is 1. The number of hydrogen-bond acceptors (Lipinski definition) is 3. The smallest absolute Gasteiger partial charge is 0.261 e. The van der Waals surface area contributed by atoms with Crippen LogP contribution in [0.25, 0.3) is 0 Å². The van der Waals surface area contributed by atoms with E-state index in [1.165, 1.54) is 6.07 Å². The molecule has 22 heavy (non-hydrogen) atoms. The van der Waals surface area contributed by atoms with Crippen LogP contribution in [-0.4, -0.2) is 24.6 Å². The van der Waals surface area contributed by atoms with Crippen LogP contribution in [-0.2, 0) is 4.79 Å². The lowest BCUT2D eigenvalue weighted by Crippen LogP contribution is -2.45. The molecule has 0 aliphatic rings. The van der Waals surface area contributed by atoms with Gasteiger partial charge in [-0.05, 0) is 25.5 Å². The third kappa shape index (κ3) is 6.58. The third-order valence-electron chi connectivity index (χ3n) is 3.11. The topological polar surface area (TPSA) is 64.3 Å². The van der Waals surface area contributed by atoms with Gasteiger partial charge < -0.3 is 15.8 Å². The van der Waals surface area contributed by atoms with Gasteiger partial charge >= 0.3 is 0 Å². The molecule has 0 spiro atoms. The van der Waals surface area contributed by atoms with Gasteiger partial charge in [-0.25, -0.2) is 8.78 Å². The van der Waals surface area contributed by atoms with Crippen molar-refractivity contribution in [2.45, 2.75) is 45.3 Å². The van der Waals surface area contributed by atoms with Crippen LogP contribution in [0.15, 0.2) is 18.2 Å². The standard InChI is InChI=1S/C15H22F2N2O2.ClH/c1-3-4-5-11(9-18)19-15(20)10(2)21-12-6-7-13(16)14(17)8-12;/h6-8,10-11H,3-5,9,18H2,1-2H3,(H,19,20);1H. The van der Waals surface area contributed by atoms with Gasteiger partial charge in [0.25, 0.3) is 5.91 Å². The first-order valence-corrected chi connectivity index (χ1v) is 7.10. The fraction of sp³-hybridized carbons (Fsp3) is 0.533. The van der Waals surface area contributed by atoms with Gasteiger partial charge in [0.15, 0.2) is 17.7 Å². The number of nitrogens with one attached hydrogen (secondary N) is 1. The SMILES string of the molecule is CCCCC(CN)NC(=O)C(C)Oc1ccc(F)c(F)c1.Cl. The Bertz CT molecular complexity index is 475. The largest absolute Gasteiger partial charge is 0.481 e. The summed E-state index contributed by atoms with van der Waals surface area (Å²) in [5.74, 6) is -2.19. The summed E-state index contributed by atoms with van der Waals surface area (Å²) in [6.45, 7) is 3.96. The Hall–Kier alpha value is -1.40. The summed E-state index contributed by atoms with van der Waals surface area (Å²) in [6, 6.07) is 3.05. The normalized spacial score (nSPS) is 13.0. The minimum atomic E-state index is -1.01. The quantitative estimate of drug-likeness (QED) is 0.767. The summed E-state index contributed by atoms with van der Waals surface area (Å²) in [5, 5.41) is 2.79. The van der Waals surface area contributed by atoms with Gasteiger partial charge in [0.05, 0.1) is 0 Å². The molecule has 3 N–H and O–H groups in total. The molecule has 0 bridgehead atoms. The highest BCUT2D eigenvalue weighted by molar-refractivity contribution is 5.85. The Morgan fingerprint density at radius 3 is 2.59 bits per heavy atom. The molecule has 2 atom stereocenters. The summed E-state index contributed by atoms with van der Waals surface area (Å²) in [4.78, 5) is 12.0. The van der Waals surface area contributed by atoms with Crippen molar-refractivity contribution in [3.63, 3.8) is 0 Å². The molecule has 1 aromatic rings. The Kier molecular flexibility index (Phi) is 9.69. The Morgan fingerprint density at radius 2 is 2.05 bits per heavy atom. The van der Waals surface area contributed by atoms with Crippen molar-refractivity contribution in [3.8, 4) is 5.75 Å². The van der Waals surface area contributed by atoms with Crippen LogP contribution in [0.4, 0.5) is 8.78 Å². The molecule has 0 saturated heterocycles. The van der Waals surface area contributed by atoms with Gasteiger partial charge in [-0.1, -0.05) is 19.8 Å². The van der Waals surface area contributed by atoms with Gasteiger partial charge in [-0.2, -0.15) is 0 Å². The molecule has 0 aliphatic carbocycles. The molecule has 2 unspecified atom stereocenters. The van der Waals surface area contributed by atoms with Crippen LogP contribution >= 0.6 is 12.4 Å². The molecule has 1 amide bonds. The highest BCUT2D eigenvalue weighted by atomic mass is 35.5. The number of amides is 1. The summed E-state index contributed by atoms with van der Waals surface area (Å²) >= 11 is 0. The molecule has 0 saturated carbocycles. The zero-order valence-electron chi connectivity index (χ0n) is 12.8. The van der Waals surface area contributed by atoms with E-state index < -0.39 is 17.7 Å². The molecular weight excluding hydrogens is 314 g/mol. The maximum absolute atomic E-state index is 13.1. The number of carbonyl (C=O) groups is 1. The van der Waals surface area contributed by atoms with Crippen molar-refractivity contribution in [2.24, 2.45) is 5.73 Å². The Labute approximate surface area is 135 Å². The summed E-state index contributed by atoms with van der Waals surface area (Å²) < 4.78 is 31.2. The van der Waals surface area contributed by atoms with Gasteiger partial charge in [-0.15, -0.1) is 12.4 Å². The third-order valence-corrected chi connectivity index (χ3v) is 3.11. The second-order valence-electron chi connectivity index (χ2n) is 4.92. The molecule has 0 aliphatic heterocycles. The number of ether oxygens (including phenoxy) is 1. The molecule has 7 heteroatoms. The van der Waals surface area contributed by atoms with Crippen LogP contribution in [0.1, 0.15) is 33.1 Å². The molecule has 1 rings (SSSR count). The van der Waals surface area contributed by atoms with E-state index in [1.807, 2.05) is 0 Å². The highest BCUT2D eigenvalue weighted by Gasteiger charge is 2.18. The predicted molar refractivity (Wildman–Crippen MR) is 84.2 cm³/mol. The number of nitrogens with two attached hydrogens (primary N) is 1. The van der Waals surface area contributed by atoms with Crippen molar-refractivity contribution >= 4 is 18.3 Å². The van der Waals surface area contributed by atoms with Crippen LogP contribution < -0.4 is 15.8 Å². The van der Waals surface area contributed by atoms with Crippen molar-refractivity contribution < 1.29 is 18.3 Å². The molecule has 0 fully saturated rings. The molecule has 0 aromatic heterocycles. The van der Waals surface area contributed by atoms with Gasteiger partial charge in [0.2, 0.25) is 0 Å². The monoisotopic (exact) mass is 336 g/mol. The van der Waals surface area contributed by atoms with Gasteiger partial charge in [0.1, 0.15) is 5.75 Å². The second-order valence-corrected chi connectivity index (χ2v) is 4.92. The van der Waals surface area contributed by atoms with E-state index >= 15 is 0 Å². The van der Waals surface area contributed by atoms with Crippen molar-refractivity contribution in [1.82, 2.24) is 5.32 Å². The minimum Gasteiger partial charge on any atom is -0.481 e. The Morgan fingerprint density at radius 1 is 1.36 bits per heavy atom. The molecule has 0 heterocycles. The first-order chi connectivity index (χ1) is 9.97. The highest BCUT2D eigenvalue weighted by Crippen LogP contribution is 2.16. The molecule has 126 valence electrons. The molecular formula is C15H23ClF2N2O2. The zero-order valence-corrected chi connectivity index (χ0v) is 13.6. The molecule has 4 nitrogen and oxygen atoms in total. The second kappa shape index (κ2) is 10.3. The van der Waals surface area contributed by atoms with Crippen LogP contribution in [0.2, 0.25) is 0 Å². The Balaban J connectivity index is 0.00000441. The number of benzene rings is 1. The van der Waals surface area contributed by atoms with Gasteiger partial charge in [0, 0.05) is 18.7 Å². The van der Waals surface area contributed by atoms with Gasteiger partial charge in [-0.3, -0.25) is 4.79 Å². The van der Waals surface area contributed by atoms with Crippen molar-refractivity contribution in [1.29, 1.82) is 0 Å². The lowest BCUT2D eigenvalue weighted by atomic mass is 10.1. The fourth-order valence-corrected chi connectivity index (χ4v) is 1.83. The summed E-state index contributed by atoms with van der Waals surface area (Å²) in [5.41, 5.74) is 5.60. The van der Waals surface area contributed by atoms with Crippen LogP contribution in [0.3, 0.4) is 0 Å². The fourth-order valence-electron chi connectivity index (χ4n) is 1.83. The predicted octanol–water partition coefficient (Wildman–Crippen LogP) is 2.79. The summed E-state index contributed by atoms with van der Waals surface area (Å²) in [6.07, 6.45) is 1.98. The van der Waals surface area contributed by atoms with E-state index in [2.05, 4.69) is 12.2 Å². The minimum absolute atomic E-state index is 0. The van der Waals surface area contributed by atoms with Crippen LogP contribution in [0.5, 0.6) is 5.75 Å². The van der Waals surface area contributed by atoms with E-state index in [9.17, 15) is 13.6 Å². The van der Waals surface area contributed by atoms with Crippen molar-refractivity contribution in [3.05, 3.63) is 29.8 Å². The number of hydrogen-bond donors (Lipinski definition) is 2. The van der Waals surface area contributed by atoms with E-state index in [1.54, 1.807) is 6.92 Å². The number of rotatable bonds is 8. The van der Waals surface area contributed by atoms with Crippen LogP contribution in [0, 0.1) is 11.6 Å². The first-order valence-electron chi connectivity index (χ1n) is 7.10. The average Bonchev–Trinajstić information content (AvgIpc) is 2.46. The lowest BCUT2D eigenvalue weighted by Gasteiger charge is -2.20. The molecule has 0 radical (unpaired) electrons. The van der Waals surface area contributed by atoms with E-state index in [4.69, 9.17) is 10.5 Å². The summed E-state index contributed by atoms with van der Waals surface area (Å²) in [7, 11) is 0. The average molecular weight is 337 g/mol. The lowest BCUT2D eigenvalue weighted by molar-refractivity contribution is -0.128. The maximum atomic E-state index is 13.1. The zero-order chi connectivity index (χ0) is 15.8. The number of halogens is 3. The van der Waals surface area contributed by atoms with Crippen molar-refractivity contribution in [2.75, 3.05) is 6.54 Å². The first kappa shape index (κ1) is 20.6. The van der Waals surface area contributed by atoms with E-state index in [-0.39, 0.29) is 30.1 Å². The molecule has 1 aromatic carbocycles. The van der Waals surface area contributed by atoms with E-state index in [0.29, 0.717) is 6.54 Å². The van der Waals surface area contributed by atoms with E-state index in [0.717, 1.165) is 31.4 Å². The maximum Gasteiger partial charge on any atom is 0.261 e. The number of unbranched alkanes of at least 4 members (excludes halogenated alkanes) is 1.